The second kappa shape index (κ2) is 9.40. The van der Waals surface area contributed by atoms with Crippen molar-refractivity contribution in [2.75, 3.05) is 33.2 Å². The Kier molecular flexibility index (Phi) is 6.94. The number of nitrogens with one attached hydrogen (secondary N) is 1. The maximum absolute atomic E-state index is 12.4. The first-order valence-electron chi connectivity index (χ1n) is 9.52. The molecule has 2 heterocycles. The summed E-state index contributed by atoms with van der Waals surface area (Å²) in [5.41, 5.74) is 1.08. The van der Waals surface area contributed by atoms with Gasteiger partial charge < -0.3 is 9.73 Å². The number of benzene rings is 1. The number of aryl methyl sites for hydroxylation is 1. The Hall–Kier alpha value is -1.82. The van der Waals surface area contributed by atoms with Crippen molar-refractivity contribution >= 4 is 17.5 Å². The number of carbonyl (C=O) groups excluding carboxylic acids is 1. The van der Waals surface area contributed by atoms with E-state index in [1.165, 1.54) is 12.8 Å². The van der Waals surface area contributed by atoms with Crippen LogP contribution in [0.2, 0.25) is 5.02 Å². The molecule has 3 rings (SSSR count). The quantitative estimate of drug-likeness (QED) is 0.749. The molecule has 6 heteroatoms. The number of hydrogen-bond donors (Lipinski definition) is 1. The van der Waals surface area contributed by atoms with Crippen molar-refractivity contribution in [1.82, 2.24) is 15.1 Å². The van der Waals surface area contributed by atoms with E-state index in [1.807, 2.05) is 49.2 Å². The normalized spacial score (nSPS) is 16.0. The van der Waals surface area contributed by atoms with Gasteiger partial charge in [0.15, 0.2) is 0 Å². The molecule has 0 spiro atoms. The van der Waals surface area contributed by atoms with Crippen LogP contribution in [0, 0.1) is 6.92 Å². The first-order chi connectivity index (χ1) is 13.0. The standard InChI is InChI=1S/C21H28ClN3O2/c1-16-9-10-17(27-16)14-24(2)15-21(26)23-13-20(25-11-5-6-12-25)18-7-3-4-8-19(18)22/h3-4,7-10,20H,5-6,11-15H2,1-2H3,(H,23,26). The van der Waals surface area contributed by atoms with Crippen LogP contribution in [-0.4, -0.2) is 48.9 Å². The summed E-state index contributed by atoms with van der Waals surface area (Å²) in [5, 5.41) is 3.85. The third kappa shape index (κ3) is 5.58. The summed E-state index contributed by atoms with van der Waals surface area (Å²) in [6.07, 6.45) is 2.39. The number of halogens is 1. The van der Waals surface area contributed by atoms with Crippen molar-refractivity contribution in [3.63, 3.8) is 0 Å². The Morgan fingerprint density at radius 2 is 2.00 bits per heavy atom. The van der Waals surface area contributed by atoms with E-state index >= 15 is 0 Å². The molecule has 0 bridgehead atoms. The van der Waals surface area contributed by atoms with E-state index in [0.29, 0.717) is 19.6 Å². The average molecular weight is 390 g/mol. The van der Waals surface area contributed by atoms with Crippen LogP contribution in [0.5, 0.6) is 0 Å². The monoisotopic (exact) mass is 389 g/mol. The minimum atomic E-state index is 0.0111. The Balaban J connectivity index is 1.56. The topological polar surface area (TPSA) is 48.7 Å². The van der Waals surface area contributed by atoms with Crippen LogP contribution < -0.4 is 5.32 Å². The predicted octanol–water partition coefficient (Wildman–Crippen LogP) is 3.63. The van der Waals surface area contributed by atoms with Gasteiger partial charge in [-0.2, -0.15) is 0 Å². The van der Waals surface area contributed by atoms with Gasteiger partial charge in [-0.05, 0) is 63.7 Å². The smallest absolute Gasteiger partial charge is 0.234 e. The number of amides is 1. The summed E-state index contributed by atoms with van der Waals surface area (Å²) in [5.74, 6) is 1.77. The summed E-state index contributed by atoms with van der Waals surface area (Å²) >= 11 is 6.43. The van der Waals surface area contributed by atoms with Gasteiger partial charge in [-0.1, -0.05) is 29.8 Å². The van der Waals surface area contributed by atoms with Gasteiger partial charge in [-0.25, -0.2) is 0 Å². The summed E-state index contributed by atoms with van der Waals surface area (Å²) in [6, 6.07) is 11.9. The van der Waals surface area contributed by atoms with Gasteiger partial charge in [0.2, 0.25) is 5.91 Å². The highest BCUT2D eigenvalue weighted by Gasteiger charge is 2.25. The first kappa shape index (κ1) is 19.9. The molecule has 1 unspecified atom stereocenters. The Bertz CT molecular complexity index is 755. The van der Waals surface area contributed by atoms with E-state index in [2.05, 4.69) is 16.3 Å². The molecule has 1 aliphatic heterocycles. The van der Waals surface area contributed by atoms with Crippen molar-refractivity contribution in [3.05, 3.63) is 58.5 Å². The summed E-state index contributed by atoms with van der Waals surface area (Å²) in [6.45, 7) is 5.52. The van der Waals surface area contributed by atoms with Crippen LogP contribution in [0.4, 0.5) is 0 Å². The van der Waals surface area contributed by atoms with Gasteiger partial charge in [0.1, 0.15) is 11.5 Å². The van der Waals surface area contributed by atoms with Gasteiger partial charge in [-0.3, -0.25) is 14.6 Å². The molecule has 0 radical (unpaired) electrons. The van der Waals surface area contributed by atoms with Gasteiger partial charge in [0, 0.05) is 11.6 Å². The molecule has 1 atom stereocenters. The van der Waals surface area contributed by atoms with Crippen molar-refractivity contribution in [2.45, 2.75) is 32.4 Å². The van der Waals surface area contributed by atoms with E-state index < -0.39 is 0 Å². The van der Waals surface area contributed by atoms with Crippen molar-refractivity contribution in [3.8, 4) is 0 Å². The summed E-state index contributed by atoms with van der Waals surface area (Å²) in [7, 11) is 1.92. The van der Waals surface area contributed by atoms with Crippen molar-refractivity contribution in [2.24, 2.45) is 0 Å². The second-order valence-electron chi connectivity index (χ2n) is 7.27. The van der Waals surface area contributed by atoms with Gasteiger partial charge in [0.05, 0.1) is 19.1 Å². The van der Waals surface area contributed by atoms with E-state index in [9.17, 15) is 4.79 Å². The predicted molar refractivity (Wildman–Crippen MR) is 108 cm³/mol. The molecule has 1 amide bonds. The number of hydrogen-bond acceptors (Lipinski definition) is 4. The summed E-state index contributed by atoms with van der Waals surface area (Å²) < 4.78 is 5.58. The van der Waals surface area contributed by atoms with Crippen molar-refractivity contribution < 1.29 is 9.21 Å². The number of furan rings is 1. The van der Waals surface area contributed by atoms with Crippen LogP contribution >= 0.6 is 11.6 Å². The second-order valence-corrected chi connectivity index (χ2v) is 7.68. The molecular formula is C21H28ClN3O2. The molecule has 1 aliphatic rings. The molecule has 1 N–H and O–H groups in total. The number of nitrogens with zero attached hydrogens (tertiary/aromatic N) is 2. The number of carbonyl (C=O) groups is 1. The fraction of sp³-hybridized carbons (Fsp3) is 0.476. The lowest BCUT2D eigenvalue weighted by Crippen LogP contribution is -2.40. The fourth-order valence-electron chi connectivity index (χ4n) is 3.64. The zero-order valence-corrected chi connectivity index (χ0v) is 16.8. The Labute approximate surface area is 166 Å². The molecular weight excluding hydrogens is 362 g/mol. The fourth-order valence-corrected chi connectivity index (χ4v) is 3.90. The molecule has 1 aromatic carbocycles. The van der Waals surface area contributed by atoms with Crippen LogP contribution in [0.1, 0.15) is 36.0 Å². The Morgan fingerprint density at radius 1 is 1.26 bits per heavy atom. The minimum absolute atomic E-state index is 0.0111. The average Bonchev–Trinajstić information content (AvgIpc) is 3.28. The molecule has 0 aliphatic carbocycles. The van der Waals surface area contributed by atoms with E-state index in [4.69, 9.17) is 16.0 Å². The number of likely N-dealkylation sites (tertiary alicyclic amines) is 1. The highest BCUT2D eigenvalue weighted by atomic mass is 35.5. The van der Waals surface area contributed by atoms with Gasteiger partial charge in [-0.15, -0.1) is 0 Å². The van der Waals surface area contributed by atoms with E-state index in [-0.39, 0.29) is 11.9 Å². The molecule has 1 aromatic heterocycles. The maximum atomic E-state index is 12.4. The lowest BCUT2D eigenvalue weighted by Gasteiger charge is -2.29. The number of likely N-dealkylation sites (N-methyl/N-ethyl adjacent to an activating group) is 1. The molecule has 1 saturated heterocycles. The van der Waals surface area contributed by atoms with E-state index in [0.717, 1.165) is 35.2 Å². The number of rotatable bonds is 8. The lowest BCUT2D eigenvalue weighted by atomic mass is 10.1. The minimum Gasteiger partial charge on any atom is -0.465 e. The SMILES string of the molecule is Cc1ccc(CN(C)CC(=O)NCC(c2ccccc2Cl)N2CCCC2)o1. The molecule has 5 nitrogen and oxygen atoms in total. The molecule has 1 fully saturated rings. The van der Waals surface area contributed by atoms with Crippen LogP contribution in [-0.2, 0) is 11.3 Å². The molecule has 0 saturated carbocycles. The summed E-state index contributed by atoms with van der Waals surface area (Å²) in [4.78, 5) is 16.8. The molecule has 27 heavy (non-hydrogen) atoms. The zero-order valence-electron chi connectivity index (χ0n) is 16.1. The van der Waals surface area contributed by atoms with Gasteiger partial charge in [0.25, 0.3) is 0 Å². The third-order valence-electron chi connectivity index (χ3n) is 4.97. The zero-order chi connectivity index (χ0) is 19.2. The maximum Gasteiger partial charge on any atom is 0.234 e. The van der Waals surface area contributed by atoms with Crippen LogP contribution in [0.15, 0.2) is 40.8 Å². The molecule has 2 aromatic rings. The highest BCUT2D eigenvalue weighted by molar-refractivity contribution is 6.31. The first-order valence-corrected chi connectivity index (χ1v) is 9.90. The third-order valence-corrected chi connectivity index (χ3v) is 5.32. The van der Waals surface area contributed by atoms with Gasteiger partial charge >= 0.3 is 0 Å². The largest absolute Gasteiger partial charge is 0.465 e. The highest BCUT2D eigenvalue weighted by Crippen LogP contribution is 2.29. The lowest BCUT2D eigenvalue weighted by molar-refractivity contribution is -0.122. The van der Waals surface area contributed by atoms with Crippen molar-refractivity contribution in [1.29, 1.82) is 0 Å². The Morgan fingerprint density at radius 3 is 2.67 bits per heavy atom. The molecule has 146 valence electrons. The van der Waals surface area contributed by atoms with E-state index in [1.54, 1.807) is 0 Å². The van der Waals surface area contributed by atoms with Crippen LogP contribution in [0.25, 0.3) is 0 Å². The van der Waals surface area contributed by atoms with Crippen LogP contribution in [0.3, 0.4) is 0 Å².